The summed E-state index contributed by atoms with van der Waals surface area (Å²) >= 11 is 0. The van der Waals surface area contributed by atoms with Gasteiger partial charge in [0, 0.05) is 11.6 Å². The van der Waals surface area contributed by atoms with Crippen molar-refractivity contribution >= 4 is 6.08 Å². The standard InChI is InChI=1S/C9H8O3/c1-10-9-6-7-4-2-3-5-8(7)11-12-9/h2-6H,1H3. The van der Waals surface area contributed by atoms with Crippen LogP contribution in [0.15, 0.2) is 30.2 Å². The Morgan fingerprint density at radius 2 is 2.00 bits per heavy atom. The highest BCUT2D eigenvalue weighted by molar-refractivity contribution is 5.58. The molecule has 0 radical (unpaired) electrons. The van der Waals surface area contributed by atoms with Gasteiger partial charge >= 0.3 is 5.95 Å². The van der Waals surface area contributed by atoms with E-state index < -0.39 is 0 Å². The van der Waals surface area contributed by atoms with E-state index in [1.54, 1.807) is 6.08 Å². The molecule has 62 valence electrons. The van der Waals surface area contributed by atoms with Gasteiger partial charge in [-0.05, 0) is 6.07 Å². The van der Waals surface area contributed by atoms with E-state index in [1.165, 1.54) is 7.11 Å². The molecule has 1 aliphatic rings. The summed E-state index contributed by atoms with van der Waals surface area (Å²) in [5.74, 6) is 1.08. The van der Waals surface area contributed by atoms with Crippen molar-refractivity contribution in [2.24, 2.45) is 0 Å². The zero-order valence-corrected chi connectivity index (χ0v) is 6.61. The Kier molecular flexibility index (Phi) is 1.63. The number of fused-ring (bicyclic) bond motifs is 1. The van der Waals surface area contributed by atoms with Crippen LogP contribution in [-0.4, -0.2) is 7.11 Å². The number of rotatable bonds is 1. The summed E-state index contributed by atoms with van der Waals surface area (Å²) in [7, 11) is 1.53. The molecule has 0 aromatic heterocycles. The largest absolute Gasteiger partial charge is 0.466 e. The third kappa shape index (κ3) is 1.09. The van der Waals surface area contributed by atoms with Crippen LogP contribution in [0.25, 0.3) is 6.08 Å². The summed E-state index contributed by atoms with van der Waals surface area (Å²) in [6.45, 7) is 0. The molecular formula is C9H8O3. The van der Waals surface area contributed by atoms with Gasteiger partial charge in [0.25, 0.3) is 0 Å². The molecule has 0 saturated carbocycles. The Hall–Kier alpha value is -1.64. The Balaban J connectivity index is 2.41. The summed E-state index contributed by atoms with van der Waals surface area (Å²) < 4.78 is 4.86. The molecule has 3 heteroatoms. The molecule has 0 atom stereocenters. The van der Waals surface area contributed by atoms with E-state index in [4.69, 9.17) is 14.5 Å². The van der Waals surface area contributed by atoms with Crippen molar-refractivity contribution in [2.45, 2.75) is 0 Å². The molecular weight excluding hydrogens is 156 g/mol. The van der Waals surface area contributed by atoms with Crippen molar-refractivity contribution < 1.29 is 14.5 Å². The molecule has 1 aromatic carbocycles. The lowest BCUT2D eigenvalue weighted by molar-refractivity contribution is -0.208. The lowest BCUT2D eigenvalue weighted by Crippen LogP contribution is -2.05. The molecule has 0 N–H and O–H groups in total. The summed E-state index contributed by atoms with van der Waals surface area (Å²) in [4.78, 5) is 9.73. The van der Waals surface area contributed by atoms with Crippen molar-refractivity contribution in [3.63, 3.8) is 0 Å². The van der Waals surface area contributed by atoms with Crippen LogP contribution in [-0.2, 0) is 9.62 Å². The van der Waals surface area contributed by atoms with Gasteiger partial charge in [0.2, 0.25) is 0 Å². The highest BCUT2D eigenvalue weighted by Gasteiger charge is 2.12. The molecule has 1 aromatic rings. The van der Waals surface area contributed by atoms with Crippen LogP contribution in [0.3, 0.4) is 0 Å². The topological polar surface area (TPSA) is 27.7 Å². The molecule has 0 bridgehead atoms. The zero-order chi connectivity index (χ0) is 8.39. The number of ether oxygens (including phenoxy) is 1. The van der Waals surface area contributed by atoms with Gasteiger partial charge in [0.05, 0.1) is 7.11 Å². The van der Waals surface area contributed by atoms with Gasteiger partial charge in [0.15, 0.2) is 5.75 Å². The molecule has 12 heavy (non-hydrogen) atoms. The predicted molar refractivity (Wildman–Crippen MR) is 43.1 cm³/mol. The Labute approximate surface area is 70.1 Å². The van der Waals surface area contributed by atoms with E-state index in [1.807, 2.05) is 24.3 Å². The van der Waals surface area contributed by atoms with Crippen LogP contribution in [0, 0.1) is 0 Å². The normalized spacial score (nSPS) is 13.6. The Morgan fingerprint density at radius 3 is 2.83 bits per heavy atom. The molecule has 0 saturated heterocycles. The van der Waals surface area contributed by atoms with Crippen molar-refractivity contribution in [3.05, 3.63) is 35.8 Å². The number of benzene rings is 1. The molecule has 1 aliphatic heterocycles. The smallest absolute Gasteiger partial charge is 0.331 e. The Bertz CT molecular complexity index is 317. The van der Waals surface area contributed by atoms with Gasteiger partial charge in [-0.15, -0.1) is 0 Å². The predicted octanol–water partition coefficient (Wildman–Crippen LogP) is 1.96. The lowest BCUT2D eigenvalue weighted by Gasteiger charge is -2.14. The quantitative estimate of drug-likeness (QED) is 0.594. The maximum atomic E-state index is 4.93. The van der Waals surface area contributed by atoms with Gasteiger partial charge in [-0.25, -0.2) is 0 Å². The monoisotopic (exact) mass is 164 g/mol. The molecule has 1 heterocycles. The van der Waals surface area contributed by atoms with Crippen LogP contribution in [0.5, 0.6) is 5.75 Å². The zero-order valence-electron chi connectivity index (χ0n) is 6.61. The maximum absolute atomic E-state index is 4.93. The van der Waals surface area contributed by atoms with Crippen LogP contribution in [0.2, 0.25) is 0 Å². The fourth-order valence-electron chi connectivity index (χ4n) is 1.01. The SMILES string of the molecule is COC1=Cc2ccccc2OO1. The number of methoxy groups -OCH3 is 1. The minimum atomic E-state index is 0.369. The molecule has 0 amide bonds. The second-order valence-corrected chi connectivity index (χ2v) is 2.37. The van der Waals surface area contributed by atoms with Gasteiger partial charge in [-0.3, -0.25) is 9.78 Å². The van der Waals surface area contributed by atoms with Gasteiger partial charge in [0.1, 0.15) is 0 Å². The summed E-state index contributed by atoms with van der Waals surface area (Å²) in [5, 5.41) is 0. The van der Waals surface area contributed by atoms with Crippen molar-refractivity contribution in [1.82, 2.24) is 0 Å². The van der Waals surface area contributed by atoms with E-state index in [0.717, 1.165) is 5.56 Å². The summed E-state index contributed by atoms with van der Waals surface area (Å²) in [6, 6.07) is 7.57. The number of para-hydroxylation sites is 1. The van der Waals surface area contributed by atoms with Gasteiger partial charge in [-0.2, -0.15) is 0 Å². The number of hydrogen-bond acceptors (Lipinski definition) is 3. The first kappa shape index (κ1) is 7.03. The van der Waals surface area contributed by atoms with Crippen LogP contribution in [0.4, 0.5) is 0 Å². The second kappa shape index (κ2) is 2.77. The fraction of sp³-hybridized carbons (Fsp3) is 0.111. The molecule has 0 unspecified atom stereocenters. The molecule has 2 rings (SSSR count). The van der Waals surface area contributed by atoms with Gasteiger partial charge in [-0.1, -0.05) is 18.2 Å². The van der Waals surface area contributed by atoms with E-state index in [9.17, 15) is 0 Å². The van der Waals surface area contributed by atoms with Crippen LogP contribution < -0.4 is 4.89 Å². The van der Waals surface area contributed by atoms with Crippen LogP contribution in [0.1, 0.15) is 5.56 Å². The van der Waals surface area contributed by atoms with E-state index in [0.29, 0.717) is 11.7 Å². The molecule has 0 fully saturated rings. The van der Waals surface area contributed by atoms with Crippen LogP contribution >= 0.6 is 0 Å². The summed E-state index contributed by atoms with van der Waals surface area (Å²) in [6.07, 6.45) is 1.78. The van der Waals surface area contributed by atoms with E-state index in [2.05, 4.69) is 0 Å². The number of hydrogen-bond donors (Lipinski definition) is 0. The molecule has 3 nitrogen and oxygen atoms in total. The van der Waals surface area contributed by atoms with E-state index in [-0.39, 0.29) is 0 Å². The average Bonchev–Trinajstić information content (AvgIpc) is 2.17. The lowest BCUT2D eigenvalue weighted by atomic mass is 10.2. The third-order valence-electron chi connectivity index (χ3n) is 1.61. The Morgan fingerprint density at radius 1 is 1.17 bits per heavy atom. The first-order valence-corrected chi connectivity index (χ1v) is 3.59. The highest BCUT2D eigenvalue weighted by atomic mass is 17.2. The first-order valence-electron chi connectivity index (χ1n) is 3.59. The van der Waals surface area contributed by atoms with Crippen molar-refractivity contribution in [3.8, 4) is 5.75 Å². The highest BCUT2D eigenvalue weighted by Crippen LogP contribution is 2.26. The van der Waals surface area contributed by atoms with Crippen molar-refractivity contribution in [1.29, 1.82) is 0 Å². The molecule has 0 aliphatic carbocycles. The van der Waals surface area contributed by atoms with Gasteiger partial charge < -0.3 is 4.74 Å². The second-order valence-electron chi connectivity index (χ2n) is 2.37. The van der Waals surface area contributed by atoms with E-state index >= 15 is 0 Å². The minimum absolute atomic E-state index is 0.369. The maximum Gasteiger partial charge on any atom is 0.331 e. The average molecular weight is 164 g/mol. The summed E-state index contributed by atoms with van der Waals surface area (Å²) in [5.41, 5.74) is 0.959. The molecule has 0 spiro atoms. The minimum Gasteiger partial charge on any atom is -0.466 e. The fourth-order valence-corrected chi connectivity index (χ4v) is 1.01. The van der Waals surface area contributed by atoms with Crippen molar-refractivity contribution in [2.75, 3.05) is 7.11 Å². The third-order valence-corrected chi connectivity index (χ3v) is 1.61. The first-order chi connectivity index (χ1) is 5.90.